The van der Waals surface area contributed by atoms with Crippen molar-refractivity contribution >= 4 is 29.1 Å². The van der Waals surface area contributed by atoms with Crippen LogP contribution in [0.1, 0.15) is 0 Å². The Hall–Kier alpha value is -1.28. The van der Waals surface area contributed by atoms with Crippen LogP contribution in [0.4, 0.5) is 5.82 Å². The lowest BCUT2D eigenvalue weighted by Gasteiger charge is -1.95. The van der Waals surface area contributed by atoms with Crippen LogP contribution >= 0.6 is 12.4 Å². The van der Waals surface area contributed by atoms with Gasteiger partial charge in [0.2, 0.25) is 0 Å². The van der Waals surface area contributed by atoms with Gasteiger partial charge in [0, 0.05) is 5.39 Å². The number of hydrogen-bond acceptors (Lipinski definition) is 2. The topological polar surface area (TPSA) is 38.9 Å². The molecule has 2 rings (SSSR count). The molecule has 12 heavy (non-hydrogen) atoms. The Kier molecular flexibility index (Phi) is 2.51. The van der Waals surface area contributed by atoms with Crippen molar-refractivity contribution in [2.75, 3.05) is 5.73 Å². The lowest BCUT2D eigenvalue weighted by Crippen LogP contribution is -1.88. The van der Waals surface area contributed by atoms with E-state index >= 15 is 0 Å². The highest BCUT2D eigenvalue weighted by atomic mass is 35.5. The minimum atomic E-state index is 0. The minimum Gasteiger partial charge on any atom is -0.384 e. The molecule has 62 valence electrons. The average Bonchev–Trinajstić information content (AvgIpc) is 2.04. The second kappa shape index (κ2) is 3.41. The molecule has 1 aromatic heterocycles. The summed E-state index contributed by atoms with van der Waals surface area (Å²) >= 11 is 0. The predicted octanol–water partition coefficient (Wildman–Crippen LogP) is 2.24. The Bertz CT molecular complexity index is 387. The molecule has 2 N–H and O–H groups in total. The Balaban J connectivity index is 0.000000720. The van der Waals surface area contributed by atoms with Gasteiger partial charge in [0.1, 0.15) is 5.82 Å². The van der Waals surface area contributed by atoms with E-state index in [0.29, 0.717) is 5.82 Å². The van der Waals surface area contributed by atoms with E-state index in [0.717, 1.165) is 10.9 Å². The van der Waals surface area contributed by atoms with Gasteiger partial charge in [0.25, 0.3) is 0 Å². The molecular formula is C9H9ClN2. The van der Waals surface area contributed by atoms with E-state index in [4.69, 9.17) is 5.73 Å². The molecule has 0 aliphatic heterocycles. The molecule has 0 amide bonds. The van der Waals surface area contributed by atoms with E-state index in [1.807, 2.05) is 36.4 Å². The van der Waals surface area contributed by atoms with Gasteiger partial charge < -0.3 is 5.73 Å². The highest BCUT2D eigenvalue weighted by Gasteiger charge is 1.91. The predicted molar refractivity (Wildman–Crippen MR) is 53.4 cm³/mol. The van der Waals surface area contributed by atoms with Crippen LogP contribution < -0.4 is 5.73 Å². The van der Waals surface area contributed by atoms with Crippen LogP contribution in [-0.2, 0) is 0 Å². The Morgan fingerprint density at radius 3 is 2.58 bits per heavy atom. The molecule has 1 aromatic carbocycles. The summed E-state index contributed by atoms with van der Waals surface area (Å²) in [6, 6.07) is 11.7. The second-order valence-electron chi connectivity index (χ2n) is 2.43. The van der Waals surface area contributed by atoms with Crippen molar-refractivity contribution in [2.24, 2.45) is 0 Å². The lowest BCUT2D eigenvalue weighted by atomic mass is 10.2. The summed E-state index contributed by atoms with van der Waals surface area (Å²) in [6.07, 6.45) is 0. The minimum absolute atomic E-state index is 0. The van der Waals surface area contributed by atoms with Crippen molar-refractivity contribution < 1.29 is 0 Å². The van der Waals surface area contributed by atoms with Gasteiger partial charge in [-0.3, -0.25) is 0 Å². The Morgan fingerprint density at radius 2 is 1.75 bits per heavy atom. The maximum absolute atomic E-state index is 5.51. The molecule has 0 saturated carbocycles. The number of nitrogens with zero attached hydrogens (tertiary/aromatic N) is 1. The van der Waals surface area contributed by atoms with E-state index in [1.165, 1.54) is 0 Å². The number of aromatic nitrogens is 1. The number of rotatable bonds is 0. The van der Waals surface area contributed by atoms with Crippen LogP contribution in [0.15, 0.2) is 36.4 Å². The summed E-state index contributed by atoms with van der Waals surface area (Å²) < 4.78 is 0. The van der Waals surface area contributed by atoms with Crippen molar-refractivity contribution in [1.29, 1.82) is 0 Å². The highest BCUT2D eigenvalue weighted by Crippen LogP contribution is 2.11. The maximum Gasteiger partial charge on any atom is 0.124 e. The fourth-order valence-corrected chi connectivity index (χ4v) is 1.08. The number of anilines is 1. The molecule has 1 heterocycles. The number of nitrogens with two attached hydrogens (primary N) is 1. The first kappa shape index (κ1) is 8.81. The number of benzene rings is 1. The number of fused-ring (bicyclic) bond motifs is 1. The summed E-state index contributed by atoms with van der Waals surface area (Å²) in [6.45, 7) is 0. The summed E-state index contributed by atoms with van der Waals surface area (Å²) in [5, 5.41) is 1.13. The maximum atomic E-state index is 5.51. The molecule has 2 aromatic rings. The van der Waals surface area contributed by atoms with Crippen LogP contribution in [0.3, 0.4) is 0 Å². The number of para-hydroxylation sites is 1. The largest absolute Gasteiger partial charge is 0.384 e. The van der Waals surface area contributed by atoms with E-state index in [1.54, 1.807) is 0 Å². The highest BCUT2D eigenvalue weighted by molar-refractivity contribution is 5.85. The van der Waals surface area contributed by atoms with Crippen LogP contribution in [0.25, 0.3) is 10.9 Å². The van der Waals surface area contributed by atoms with Crippen molar-refractivity contribution in [2.45, 2.75) is 0 Å². The third-order valence-corrected chi connectivity index (χ3v) is 1.62. The number of pyridine rings is 1. The quantitative estimate of drug-likeness (QED) is 0.676. The molecule has 0 bridgehead atoms. The van der Waals surface area contributed by atoms with E-state index < -0.39 is 0 Å². The molecule has 2 nitrogen and oxygen atoms in total. The zero-order valence-corrected chi connectivity index (χ0v) is 7.21. The first-order valence-electron chi connectivity index (χ1n) is 3.47. The molecule has 0 fully saturated rings. The number of halogens is 1. The van der Waals surface area contributed by atoms with Crippen LogP contribution in [-0.4, -0.2) is 4.98 Å². The Labute approximate surface area is 76.8 Å². The smallest absolute Gasteiger partial charge is 0.124 e. The molecule has 0 unspecified atom stereocenters. The van der Waals surface area contributed by atoms with Gasteiger partial charge in [0.15, 0.2) is 0 Å². The van der Waals surface area contributed by atoms with Gasteiger partial charge in [-0.15, -0.1) is 12.4 Å². The molecule has 0 saturated heterocycles. The van der Waals surface area contributed by atoms with Crippen molar-refractivity contribution in [3.8, 4) is 0 Å². The fraction of sp³-hybridized carbons (Fsp3) is 0. The molecule has 0 spiro atoms. The van der Waals surface area contributed by atoms with Gasteiger partial charge in [-0.25, -0.2) is 4.98 Å². The van der Waals surface area contributed by atoms with Crippen LogP contribution in [0.2, 0.25) is 0 Å². The second-order valence-corrected chi connectivity index (χ2v) is 2.43. The zero-order chi connectivity index (χ0) is 7.68. The van der Waals surface area contributed by atoms with Gasteiger partial charge in [-0.1, -0.05) is 18.2 Å². The third kappa shape index (κ3) is 1.48. The fourth-order valence-electron chi connectivity index (χ4n) is 1.08. The summed E-state index contributed by atoms with van der Waals surface area (Å²) in [4.78, 5) is 4.15. The van der Waals surface area contributed by atoms with Crippen molar-refractivity contribution in [1.82, 2.24) is 4.98 Å². The molecule has 0 aliphatic carbocycles. The molecule has 0 atom stereocenters. The first-order chi connectivity index (χ1) is 5.36. The number of hydrogen-bond donors (Lipinski definition) is 1. The molecule has 0 radical (unpaired) electrons. The normalized spacial score (nSPS) is 9.33. The molecule has 3 heteroatoms. The van der Waals surface area contributed by atoms with Crippen molar-refractivity contribution in [3.05, 3.63) is 36.4 Å². The monoisotopic (exact) mass is 180 g/mol. The first-order valence-corrected chi connectivity index (χ1v) is 3.47. The summed E-state index contributed by atoms with van der Waals surface area (Å²) in [5.74, 6) is 0.573. The SMILES string of the molecule is Cl.Nc1ccc2ccccc2n1. The summed E-state index contributed by atoms with van der Waals surface area (Å²) in [7, 11) is 0. The van der Waals surface area contributed by atoms with Crippen LogP contribution in [0.5, 0.6) is 0 Å². The zero-order valence-electron chi connectivity index (χ0n) is 6.40. The van der Waals surface area contributed by atoms with Crippen molar-refractivity contribution in [3.63, 3.8) is 0 Å². The third-order valence-electron chi connectivity index (χ3n) is 1.62. The number of nitrogen functional groups attached to an aromatic ring is 1. The van der Waals surface area contributed by atoms with Gasteiger partial charge >= 0.3 is 0 Å². The van der Waals surface area contributed by atoms with E-state index in [2.05, 4.69) is 4.98 Å². The average molecular weight is 181 g/mol. The lowest BCUT2D eigenvalue weighted by molar-refractivity contribution is 1.42. The molecule has 0 aliphatic rings. The Morgan fingerprint density at radius 1 is 1.00 bits per heavy atom. The van der Waals surface area contributed by atoms with Gasteiger partial charge in [0.05, 0.1) is 5.52 Å². The van der Waals surface area contributed by atoms with Gasteiger partial charge in [-0.05, 0) is 18.2 Å². The summed E-state index contributed by atoms with van der Waals surface area (Å²) in [5.41, 5.74) is 6.46. The van der Waals surface area contributed by atoms with Gasteiger partial charge in [-0.2, -0.15) is 0 Å². The standard InChI is InChI=1S/C9H8N2.ClH/c10-9-6-5-7-3-1-2-4-8(7)11-9;/h1-6H,(H2,10,11);1H. The molecular weight excluding hydrogens is 172 g/mol. The van der Waals surface area contributed by atoms with E-state index in [9.17, 15) is 0 Å². The van der Waals surface area contributed by atoms with E-state index in [-0.39, 0.29) is 12.4 Å². The van der Waals surface area contributed by atoms with Crippen LogP contribution in [0, 0.1) is 0 Å².